The van der Waals surface area contributed by atoms with E-state index in [-0.39, 0.29) is 11.7 Å². The maximum Gasteiger partial charge on any atom is 0.433 e. The maximum atomic E-state index is 12.6. The quantitative estimate of drug-likeness (QED) is 0.897. The molecule has 19 heavy (non-hydrogen) atoms. The minimum absolute atomic E-state index is 0.119. The zero-order valence-electron chi connectivity index (χ0n) is 9.72. The molecule has 3 heterocycles. The molecule has 0 saturated carbocycles. The molecule has 1 aliphatic heterocycles. The second kappa shape index (κ2) is 4.30. The van der Waals surface area contributed by atoms with Crippen LogP contribution in [-0.4, -0.2) is 33.1 Å². The predicted molar refractivity (Wildman–Crippen MR) is 60.2 cm³/mol. The normalized spacial score (nSPS) is 16.4. The van der Waals surface area contributed by atoms with Crippen molar-refractivity contribution in [1.29, 1.82) is 0 Å². The lowest BCUT2D eigenvalue weighted by Gasteiger charge is -2.28. The van der Waals surface area contributed by atoms with Crippen molar-refractivity contribution in [3.8, 4) is 11.4 Å². The van der Waals surface area contributed by atoms with Gasteiger partial charge in [-0.05, 0) is 12.1 Å². The van der Waals surface area contributed by atoms with Crippen LogP contribution in [0, 0.1) is 0 Å². The Kier molecular flexibility index (Phi) is 2.74. The summed E-state index contributed by atoms with van der Waals surface area (Å²) in [5.74, 6) is 0. The molecular formula is C11H10F3N5. The van der Waals surface area contributed by atoms with Crippen molar-refractivity contribution >= 4 is 0 Å². The molecule has 1 N–H and O–H groups in total. The fourth-order valence-corrected chi connectivity index (χ4v) is 1.88. The highest BCUT2D eigenvalue weighted by atomic mass is 19.4. The van der Waals surface area contributed by atoms with Crippen LogP contribution < -0.4 is 5.32 Å². The van der Waals surface area contributed by atoms with Gasteiger partial charge >= 0.3 is 6.18 Å². The highest BCUT2D eigenvalue weighted by Crippen LogP contribution is 2.29. The van der Waals surface area contributed by atoms with E-state index in [9.17, 15) is 13.2 Å². The Bertz CT molecular complexity index is 588. The second-order valence-electron chi connectivity index (χ2n) is 4.28. The number of alkyl halides is 3. The van der Waals surface area contributed by atoms with Gasteiger partial charge in [-0.1, -0.05) is 11.3 Å². The standard InChI is InChI=1S/C11H10F3N5/c12-11(13,14)10-3-1-2-8(17-10)9-6-16-18-19(9)7-4-15-5-7/h1-3,6-7,15H,4-5H2. The molecule has 8 heteroatoms. The monoisotopic (exact) mass is 269 g/mol. The van der Waals surface area contributed by atoms with E-state index in [0.29, 0.717) is 5.69 Å². The van der Waals surface area contributed by atoms with Crippen molar-refractivity contribution in [2.24, 2.45) is 0 Å². The SMILES string of the molecule is FC(F)(F)c1cccc(-c2cnnn2C2CNC2)n1. The minimum atomic E-state index is -4.45. The van der Waals surface area contributed by atoms with Crippen molar-refractivity contribution in [2.45, 2.75) is 12.2 Å². The zero-order valence-corrected chi connectivity index (χ0v) is 9.72. The van der Waals surface area contributed by atoms with Gasteiger partial charge in [0.2, 0.25) is 0 Å². The van der Waals surface area contributed by atoms with Crippen LogP contribution in [0.2, 0.25) is 0 Å². The number of nitrogens with one attached hydrogen (secondary N) is 1. The first-order valence-electron chi connectivity index (χ1n) is 5.71. The van der Waals surface area contributed by atoms with Gasteiger partial charge in [-0.15, -0.1) is 5.10 Å². The van der Waals surface area contributed by atoms with E-state index in [4.69, 9.17) is 0 Å². The van der Waals surface area contributed by atoms with Crippen LogP contribution in [0.15, 0.2) is 24.4 Å². The third-order valence-corrected chi connectivity index (χ3v) is 2.98. The van der Waals surface area contributed by atoms with E-state index in [0.717, 1.165) is 19.2 Å². The average Bonchev–Trinajstić information content (AvgIpc) is 2.75. The number of hydrogen-bond donors (Lipinski definition) is 1. The van der Waals surface area contributed by atoms with E-state index in [1.807, 2.05) is 0 Å². The van der Waals surface area contributed by atoms with Crippen molar-refractivity contribution in [3.63, 3.8) is 0 Å². The summed E-state index contributed by atoms with van der Waals surface area (Å²) in [5, 5.41) is 10.7. The molecule has 0 amide bonds. The smallest absolute Gasteiger partial charge is 0.312 e. The van der Waals surface area contributed by atoms with Crippen LogP contribution in [0.1, 0.15) is 11.7 Å². The lowest BCUT2D eigenvalue weighted by Crippen LogP contribution is -2.44. The molecule has 2 aromatic heterocycles. The Morgan fingerprint density at radius 3 is 2.68 bits per heavy atom. The van der Waals surface area contributed by atoms with Gasteiger partial charge in [-0.2, -0.15) is 13.2 Å². The zero-order chi connectivity index (χ0) is 13.5. The van der Waals surface area contributed by atoms with Crippen LogP contribution in [0.4, 0.5) is 13.2 Å². The van der Waals surface area contributed by atoms with Gasteiger partial charge in [0.1, 0.15) is 11.4 Å². The first-order chi connectivity index (χ1) is 9.05. The summed E-state index contributed by atoms with van der Waals surface area (Å²) in [4.78, 5) is 3.64. The third kappa shape index (κ3) is 2.19. The summed E-state index contributed by atoms with van der Waals surface area (Å²) in [5.41, 5.74) is -0.186. The molecule has 3 rings (SSSR count). The molecule has 1 aliphatic rings. The molecule has 2 aromatic rings. The van der Waals surface area contributed by atoms with E-state index in [2.05, 4.69) is 20.6 Å². The Labute approximate surface area is 106 Å². The molecule has 100 valence electrons. The predicted octanol–water partition coefficient (Wildman–Crippen LogP) is 1.50. The van der Waals surface area contributed by atoms with Crippen molar-refractivity contribution in [1.82, 2.24) is 25.3 Å². The van der Waals surface area contributed by atoms with E-state index >= 15 is 0 Å². The van der Waals surface area contributed by atoms with Crippen LogP contribution >= 0.6 is 0 Å². The summed E-state index contributed by atoms with van der Waals surface area (Å²) in [7, 11) is 0. The van der Waals surface area contributed by atoms with Crippen LogP contribution in [0.25, 0.3) is 11.4 Å². The molecule has 5 nitrogen and oxygen atoms in total. The summed E-state index contributed by atoms with van der Waals surface area (Å²) in [6.45, 7) is 1.46. The van der Waals surface area contributed by atoms with Gasteiger partial charge in [0.05, 0.1) is 17.9 Å². The molecular weight excluding hydrogens is 259 g/mol. The molecule has 0 atom stereocenters. The van der Waals surface area contributed by atoms with Gasteiger partial charge < -0.3 is 5.32 Å². The summed E-state index contributed by atoms with van der Waals surface area (Å²) < 4.78 is 39.5. The van der Waals surface area contributed by atoms with Crippen molar-refractivity contribution in [3.05, 3.63) is 30.1 Å². The lowest BCUT2D eigenvalue weighted by molar-refractivity contribution is -0.141. The lowest BCUT2D eigenvalue weighted by atomic mass is 10.1. The second-order valence-corrected chi connectivity index (χ2v) is 4.28. The topological polar surface area (TPSA) is 55.6 Å². The van der Waals surface area contributed by atoms with Gasteiger partial charge in [0.25, 0.3) is 0 Å². The summed E-state index contributed by atoms with van der Waals surface area (Å²) in [6.07, 6.45) is -3.02. The fraction of sp³-hybridized carbons (Fsp3) is 0.364. The Morgan fingerprint density at radius 2 is 2.05 bits per heavy atom. The number of rotatable bonds is 2. The summed E-state index contributed by atoms with van der Waals surface area (Å²) >= 11 is 0. The van der Waals surface area contributed by atoms with E-state index in [1.54, 1.807) is 4.68 Å². The van der Waals surface area contributed by atoms with Gasteiger partial charge in [0.15, 0.2) is 0 Å². The van der Waals surface area contributed by atoms with Crippen LogP contribution in [0.5, 0.6) is 0 Å². The highest BCUT2D eigenvalue weighted by Gasteiger charge is 2.33. The Morgan fingerprint density at radius 1 is 1.26 bits per heavy atom. The number of aromatic nitrogens is 4. The minimum Gasteiger partial charge on any atom is -0.312 e. The van der Waals surface area contributed by atoms with Crippen molar-refractivity contribution in [2.75, 3.05) is 13.1 Å². The average molecular weight is 269 g/mol. The first kappa shape index (κ1) is 12.1. The molecule has 0 aromatic carbocycles. The number of pyridine rings is 1. The maximum absolute atomic E-state index is 12.6. The largest absolute Gasteiger partial charge is 0.433 e. The Hall–Kier alpha value is -1.96. The first-order valence-corrected chi connectivity index (χ1v) is 5.71. The van der Waals surface area contributed by atoms with Crippen LogP contribution in [0.3, 0.4) is 0 Å². The molecule has 0 aliphatic carbocycles. The van der Waals surface area contributed by atoms with Gasteiger partial charge in [-0.25, -0.2) is 9.67 Å². The van der Waals surface area contributed by atoms with E-state index in [1.165, 1.54) is 18.3 Å². The molecule has 0 spiro atoms. The summed E-state index contributed by atoms with van der Waals surface area (Å²) in [6, 6.07) is 3.93. The Balaban J connectivity index is 2.00. The van der Waals surface area contributed by atoms with Gasteiger partial charge in [0, 0.05) is 13.1 Å². The number of hydrogen-bond acceptors (Lipinski definition) is 4. The number of nitrogens with zero attached hydrogens (tertiary/aromatic N) is 4. The van der Waals surface area contributed by atoms with Crippen LogP contribution in [-0.2, 0) is 6.18 Å². The fourth-order valence-electron chi connectivity index (χ4n) is 1.88. The van der Waals surface area contributed by atoms with E-state index < -0.39 is 11.9 Å². The number of halogens is 3. The van der Waals surface area contributed by atoms with Crippen molar-refractivity contribution < 1.29 is 13.2 Å². The molecule has 0 unspecified atom stereocenters. The molecule has 0 bridgehead atoms. The molecule has 1 saturated heterocycles. The molecule has 1 fully saturated rings. The molecule has 0 radical (unpaired) electrons. The van der Waals surface area contributed by atoms with Gasteiger partial charge in [-0.3, -0.25) is 0 Å². The third-order valence-electron chi connectivity index (χ3n) is 2.98. The highest BCUT2D eigenvalue weighted by molar-refractivity contribution is 5.53.